The molecule has 4 rings (SSSR count). The van der Waals surface area contributed by atoms with E-state index in [0.717, 1.165) is 38.2 Å². The van der Waals surface area contributed by atoms with Gasteiger partial charge < -0.3 is 5.32 Å². The summed E-state index contributed by atoms with van der Waals surface area (Å²) in [6, 6.07) is 11.1. The third-order valence-corrected chi connectivity index (χ3v) is 5.66. The topological polar surface area (TPSA) is 72.2 Å². The molecular formula is C19H16ClN5OS. The maximum absolute atomic E-state index is 12.5. The SMILES string of the molecule is Cc1ccc(C(=O)Nc2ccc(-c3nn4c(C)nnc4s3)cc2C)cc1Cl. The predicted octanol–water partition coefficient (Wildman–Crippen LogP) is 4.68. The van der Waals surface area contributed by atoms with Gasteiger partial charge in [0, 0.05) is 21.8 Å². The molecule has 0 aliphatic heterocycles. The summed E-state index contributed by atoms with van der Waals surface area (Å²) in [6.07, 6.45) is 0. The average molecular weight is 398 g/mol. The van der Waals surface area contributed by atoms with Gasteiger partial charge in [0.2, 0.25) is 4.96 Å². The van der Waals surface area contributed by atoms with E-state index in [4.69, 9.17) is 11.6 Å². The number of carbonyl (C=O) groups is 1. The average Bonchev–Trinajstić information content (AvgIpc) is 3.21. The maximum Gasteiger partial charge on any atom is 0.255 e. The molecule has 27 heavy (non-hydrogen) atoms. The van der Waals surface area contributed by atoms with Crippen molar-refractivity contribution in [2.24, 2.45) is 0 Å². The Labute approximate surface area is 164 Å². The number of hydrogen-bond donors (Lipinski definition) is 1. The second kappa shape index (κ2) is 6.75. The minimum absolute atomic E-state index is 0.192. The lowest BCUT2D eigenvalue weighted by atomic mass is 10.1. The van der Waals surface area contributed by atoms with Gasteiger partial charge >= 0.3 is 0 Å². The normalized spacial score (nSPS) is 11.1. The highest BCUT2D eigenvalue weighted by Crippen LogP contribution is 2.29. The monoisotopic (exact) mass is 397 g/mol. The molecule has 0 unspecified atom stereocenters. The summed E-state index contributed by atoms with van der Waals surface area (Å²) in [5, 5.41) is 17.0. The fraction of sp³-hybridized carbons (Fsp3) is 0.158. The van der Waals surface area contributed by atoms with E-state index in [2.05, 4.69) is 20.6 Å². The van der Waals surface area contributed by atoms with Crippen LogP contribution < -0.4 is 5.32 Å². The Hall–Kier alpha value is -2.77. The van der Waals surface area contributed by atoms with Gasteiger partial charge in [-0.1, -0.05) is 29.0 Å². The molecule has 0 spiro atoms. The Morgan fingerprint density at radius 1 is 1.07 bits per heavy atom. The molecule has 0 fully saturated rings. The van der Waals surface area contributed by atoms with Crippen molar-refractivity contribution in [2.75, 3.05) is 5.32 Å². The zero-order valence-corrected chi connectivity index (χ0v) is 16.5. The van der Waals surface area contributed by atoms with E-state index in [1.165, 1.54) is 11.3 Å². The molecular weight excluding hydrogens is 382 g/mol. The van der Waals surface area contributed by atoms with Crippen LogP contribution >= 0.6 is 22.9 Å². The first kappa shape index (κ1) is 17.6. The summed E-state index contributed by atoms with van der Waals surface area (Å²) in [6.45, 7) is 5.72. The van der Waals surface area contributed by atoms with Crippen molar-refractivity contribution >= 4 is 39.5 Å². The number of aryl methyl sites for hydroxylation is 3. The van der Waals surface area contributed by atoms with Gasteiger partial charge in [-0.05, 0) is 62.2 Å². The number of nitrogens with zero attached hydrogens (tertiary/aromatic N) is 4. The van der Waals surface area contributed by atoms with E-state index < -0.39 is 0 Å². The van der Waals surface area contributed by atoms with Crippen LogP contribution in [0.3, 0.4) is 0 Å². The Morgan fingerprint density at radius 2 is 1.89 bits per heavy atom. The number of rotatable bonds is 3. The number of anilines is 1. The van der Waals surface area contributed by atoms with E-state index >= 15 is 0 Å². The fourth-order valence-electron chi connectivity index (χ4n) is 2.70. The van der Waals surface area contributed by atoms with Crippen LogP contribution in [0.25, 0.3) is 15.5 Å². The molecule has 0 aliphatic rings. The minimum Gasteiger partial charge on any atom is -0.322 e. The number of amides is 1. The Morgan fingerprint density at radius 3 is 2.59 bits per heavy atom. The van der Waals surface area contributed by atoms with E-state index in [9.17, 15) is 4.79 Å². The van der Waals surface area contributed by atoms with Crippen molar-refractivity contribution in [2.45, 2.75) is 20.8 Å². The standard InChI is InChI=1S/C19H16ClN5OS/c1-10-4-5-13(9-15(10)20)17(26)21-16-7-6-14(8-11(16)2)18-24-25-12(3)22-23-19(25)27-18/h4-9H,1-3H3,(H,21,26). The van der Waals surface area contributed by atoms with Crippen molar-refractivity contribution in [1.29, 1.82) is 0 Å². The molecule has 0 saturated carbocycles. The molecule has 1 amide bonds. The molecule has 8 heteroatoms. The third-order valence-electron chi connectivity index (χ3n) is 4.30. The zero-order chi connectivity index (χ0) is 19.1. The molecule has 0 radical (unpaired) electrons. The van der Waals surface area contributed by atoms with Crippen molar-refractivity contribution < 1.29 is 4.79 Å². The van der Waals surface area contributed by atoms with Crippen molar-refractivity contribution in [3.05, 3.63) is 63.9 Å². The number of halogens is 1. The molecule has 4 aromatic rings. The predicted molar refractivity (Wildman–Crippen MR) is 108 cm³/mol. The van der Waals surface area contributed by atoms with Crippen LogP contribution in [-0.2, 0) is 0 Å². The molecule has 2 aromatic heterocycles. The number of benzene rings is 2. The quantitative estimate of drug-likeness (QED) is 0.544. The number of aromatic nitrogens is 4. The first-order valence-corrected chi connectivity index (χ1v) is 9.49. The smallest absolute Gasteiger partial charge is 0.255 e. The number of fused-ring (bicyclic) bond motifs is 1. The first-order valence-electron chi connectivity index (χ1n) is 8.30. The molecule has 136 valence electrons. The van der Waals surface area contributed by atoms with Crippen molar-refractivity contribution in [3.63, 3.8) is 0 Å². The van der Waals surface area contributed by atoms with Crippen LogP contribution in [0.2, 0.25) is 5.02 Å². The second-order valence-electron chi connectivity index (χ2n) is 6.30. The van der Waals surface area contributed by atoms with Gasteiger partial charge in [-0.2, -0.15) is 9.61 Å². The van der Waals surface area contributed by atoms with Gasteiger partial charge in [0.25, 0.3) is 5.91 Å². The maximum atomic E-state index is 12.5. The number of nitrogens with one attached hydrogen (secondary N) is 1. The summed E-state index contributed by atoms with van der Waals surface area (Å²) in [5.74, 6) is 0.562. The van der Waals surface area contributed by atoms with Crippen LogP contribution in [-0.4, -0.2) is 25.7 Å². The third kappa shape index (κ3) is 3.31. The van der Waals surface area contributed by atoms with E-state index in [1.54, 1.807) is 16.6 Å². The highest BCUT2D eigenvalue weighted by atomic mass is 35.5. The molecule has 0 bridgehead atoms. The van der Waals surface area contributed by atoms with Crippen molar-refractivity contribution in [1.82, 2.24) is 19.8 Å². The molecule has 6 nitrogen and oxygen atoms in total. The van der Waals surface area contributed by atoms with Gasteiger partial charge in [0.05, 0.1) is 0 Å². The summed E-state index contributed by atoms with van der Waals surface area (Å²) in [4.78, 5) is 13.3. The van der Waals surface area contributed by atoms with Crippen LogP contribution in [0.15, 0.2) is 36.4 Å². The summed E-state index contributed by atoms with van der Waals surface area (Å²) in [5.41, 5.74) is 4.13. The van der Waals surface area contributed by atoms with Gasteiger partial charge in [-0.25, -0.2) is 0 Å². The van der Waals surface area contributed by atoms with Gasteiger partial charge in [0.15, 0.2) is 5.82 Å². The highest BCUT2D eigenvalue weighted by molar-refractivity contribution is 7.19. The Kier molecular flexibility index (Phi) is 4.41. The summed E-state index contributed by atoms with van der Waals surface area (Å²) < 4.78 is 1.73. The molecule has 0 atom stereocenters. The molecule has 0 saturated heterocycles. The highest BCUT2D eigenvalue weighted by Gasteiger charge is 2.13. The van der Waals surface area contributed by atoms with E-state index in [-0.39, 0.29) is 5.91 Å². The molecule has 0 aliphatic carbocycles. The number of carbonyl (C=O) groups excluding carboxylic acids is 1. The van der Waals surface area contributed by atoms with Crippen LogP contribution in [0.1, 0.15) is 27.3 Å². The lowest BCUT2D eigenvalue weighted by molar-refractivity contribution is 0.102. The second-order valence-corrected chi connectivity index (χ2v) is 7.66. The molecule has 2 aromatic carbocycles. The summed E-state index contributed by atoms with van der Waals surface area (Å²) >= 11 is 7.59. The first-order chi connectivity index (χ1) is 12.9. The Bertz CT molecular complexity index is 1180. The van der Waals surface area contributed by atoms with E-state index in [0.29, 0.717) is 10.6 Å². The molecule has 1 N–H and O–H groups in total. The Balaban J connectivity index is 1.59. The van der Waals surface area contributed by atoms with Crippen LogP contribution in [0.5, 0.6) is 0 Å². The lowest BCUT2D eigenvalue weighted by Gasteiger charge is -2.10. The van der Waals surface area contributed by atoms with Crippen LogP contribution in [0, 0.1) is 20.8 Å². The van der Waals surface area contributed by atoms with Crippen molar-refractivity contribution in [3.8, 4) is 10.6 Å². The lowest BCUT2D eigenvalue weighted by Crippen LogP contribution is -2.12. The van der Waals surface area contributed by atoms with Gasteiger partial charge in [-0.15, -0.1) is 10.2 Å². The van der Waals surface area contributed by atoms with E-state index in [1.807, 2.05) is 45.0 Å². The minimum atomic E-state index is -0.192. The van der Waals surface area contributed by atoms with Gasteiger partial charge in [-0.3, -0.25) is 4.79 Å². The van der Waals surface area contributed by atoms with Crippen LogP contribution in [0.4, 0.5) is 5.69 Å². The van der Waals surface area contributed by atoms with Gasteiger partial charge in [0.1, 0.15) is 5.01 Å². The number of hydrogen-bond acceptors (Lipinski definition) is 5. The molecule has 2 heterocycles. The zero-order valence-electron chi connectivity index (χ0n) is 14.9. The summed E-state index contributed by atoms with van der Waals surface area (Å²) in [7, 11) is 0. The fourth-order valence-corrected chi connectivity index (χ4v) is 3.76. The largest absolute Gasteiger partial charge is 0.322 e.